The van der Waals surface area contributed by atoms with Gasteiger partial charge in [0.25, 0.3) is 0 Å². The summed E-state index contributed by atoms with van der Waals surface area (Å²) in [5, 5.41) is 0. The first-order valence-electron chi connectivity index (χ1n) is 4.21. The van der Waals surface area contributed by atoms with E-state index in [1.54, 1.807) is 18.4 Å². The molecule has 0 unspecified atom stereocenters. The van der Waals surface area contributed by atoms with Gasteiger partial charge in [0, 0.05) is 9.79 Å². The number of hydrogen-bond acceptors (Lipinski definition) is 4. The van der Waals surface area contributed by atoms with E-state index in [4.69, 9.17) is 0 Å². The molecule has 82 valence electrons. The van der Waals surface area contributed by atoms with Crippen LogP contribution in [0.5, 0.6) is 0 Å². The van der Waals surface area contributed by atoms with Gasteiger partial charge in [-0.3, -0.25) is 4.79 Å². The van der Waals surface area contributed by atoms with Crippen LogP contribution < -0.4 is 0 Å². The van der Waals surface area contributed by atoms with Gasteiger partial charge in [-0.1, -0.05) is 6.07 Å². The Morgan fingerprint density at radius 3 is 2.80 bits per heavy atom. The molecule has 0 amide bonds. The van der Waals surface area contributed by atoms with Gasteiger partial charge in [0.15, 0.2) is 0 Å². The Kier molecular flexibility index (Phi) is 4.47. The van der Waals surface area contributed by atoms with Gasteiger partial charge in [-0.15, -0.1) is 24.4 Å². The molecule has 0 aliphatic carbocycles. The quantitative estimate of drug-likeness (QED) is 0.504. The van der Waals surface area contributed by atoms with Crippen molar-refractivity contribution in [1.29, 1.82) is 0 Å². The molecular formula is C10H11FO2S2. The highest BCUT2D eigenvalue weighted by atomic mass is 32.2. The molecule has 0 bridgehead atoms. The lowest BCUT2D eigenvalue weighted by Crippen LogP contribution is -2.06. The lowest BCUT2D eigenvalue weighted by molar-refractivity contribution is -0.139. The number of methoxy groups -OCH3 is 1. The molecule has 0 heterocycles. The highest BCUT2D eigenvalue weighted by molar-refractivity contribution is 7.98. The summed E-state index contributed by atoms with van der Waals surface area (Å²) in [6.45, 7) is 0. The number of hydrogen-bond donors (Lipinski definition) is 1. The van der Waals surface area contributed by atoms with Crippen molar-refractivity contribution in [3.63, 3.8) is 0 Å². The molecule has 1 aromatic carbocycles. The molecule has 0 saturated carbocycles. The van der Waals surface area contributed by atoms with Crippen molar-refractivity contribution in [1.82, 2.24) is 0 Å². The van der Waals surface area contributed by atoms with Crippen molar-refractivity contribution in [2.45, 2.75) is 16.2 Å². The summed E-state index contributed by atoms with van der Waals surface area (Å²) in [6.07, 6.45) is 1.83. The van der Waals surface area contributed by atoms with E-state index in [9.17, 15) is 9.18 Å². The minimum atomic E-state index is -0.401. The van der Waals surface area contributed by atoms with Gasteiger partial charge in [-0.05, 0) is 17.9 Å². The number of thioether (sulfide) groups is 1. The first-order valence-corrected chi connectivity index (χ1v) is 5.88. The third-order valence-electron chi connectivity index (χ3n) is 1.95. The monoisotopic (exact) mass is 246 g/mol. The largest absolute Gasteiger partial charge is 0.469 e. The predicted molar refractivity (Wildman–Crippen MR) is 61.2 cm³/mol. The third-order valence-corrected chi connectivity index (χ3v) is 3.19. The van der Waals surface area contributed by atoms with Crippen LogP contribution in [-0.4, -0.2) is 19.3 Å². The van der Waals surface area contributed by atoms with Gasteiger partial charge in [-0.25, -0.2) is 4.39 Å². The molecule has 0 N–H and O–H groups in total. The normalized spacial score (nSPS) is 10.1. The van der Waals surface area contributed by atoms with E-state index in [1.165, 1.54) is 18.9 Å². The molecular weight excluding hydrogens is 235 g/mol. The maximum atomic E-state index is 13.6. The Labute approximate surface area is 97.6 Å². The SMILES string of the molecule is COC(=O)Cc1ccc(SC)c(F)c1S. The summed E-state index contributed by atoms with van der Waals surface area (Å²) in [7, 11) is 1.30. The summed E-state index contributed by atoms with van der Waals surface area (Å²) >= 11 is 5.36. The van der Waals surface area contributed by atoms with Crippen molar-refractivity contribution in [2.24, 2.45) is 0 Å². The fourth-order valence-corrected chi connectivity index (χ4v) is 1.95. The van der Waals surface area contributed by atoms with Gasteiger partial charge in [0.2, 0.25) is 0 Å². The second-order valence-corrected chi connectivity index (χ2v) is 4.14. The van der Waals surface area contributed by atoms with Gasteiger partial charge in [0.1, 0.15) is 5.82 Å². The van der Waals surface area contributed by atoms with Crippen LogP contribution in [0.3, 0.4) is 0 Å². The lowest BCUT2D eigenvalue weighted by Gasteiger charge is -2.07. The minimum Gasteiger partial charge on any atom is -0.469 e. The Morgan fingerprint density at radius 2 is 2.27 bits per heavy atom. The van der Waals surface area contributed by atoms with Crippen LogP contribution in [0, 0.1) is 5.82 Å². The Bertz CT molecular complexity index is 380. The maximum absolute atomic E-state index is 13.6. The Balaban J connectivity index is 3.01. The van der Waals surface area contributed by atoms with Crippen molar-refractivity contribution < 1.29 is 13.9 Å². The molecule has 0 spiro atoms. The molecule has 0 radical (unpaired) electrons. The molecule has 2 nitrogen and oxygen atoms in total. The van der Waals surface area contributed by atoms with E-state index >= 15 is 0 Å². The average Bonchev–Trinajstić information content (AvgIpc) is 2.25. The molecule has 0 saturated heterocycles. The lowest BCUT2D eigenvalue weighted by atomic mass is 10.1. The third kappa shape index (κ3) is 2.89. The van der Waals surface area contributed by atoms with E-state index in [1.807, 2.05) is 0 Å². The molecule has 5 heteroatoms. The van der Waals surface area contributed by atoms with Crippen LogP contribution in [0.2, 0.25) is 0 Å². The number of esters is 1. The zero-order valence-corrected chi connectivity index (χ0v) is 10.1. The van der Waals surface area contributed by atoms with Crippen LogP contribution in [0.15, 0.2) is 21.9 Å². The topological polar surface area (TPSA) is 26.3 Å². The molecule has 1 rings (SSSR count). The van der Waals surface area contributed by atoms with Crippen LogP contribution in [-0.2, 0) is 16.0 Å². The molecule has 0 fully saturated rings. The molecule has 0 aromatic heterocycles. The number of carbonyl (C=O) groups is 1. The molecule has 15 heavy (non-hydrogen) atoms. The standard InChI is InChI=1S/C10H11FO2S2/c1-13-8(12)5-6-3-4-7(15-2)9(11)10(6)14/h3-4,14H,5H2,1-2H3. The zero-order valence-electron chi connectivity index (χ0n) is 8.41. The van der Waals surface area contributed by atoms with E-state index in [0.29, 0.717) is 10.5 Å². The highest BCUT2D eigenvalue weighted by Gasteiger charge is 2.12. The first-order chi connectivity index (χ1) is 7.10. The number of benzene rings is 1. The second kappa shape index (κ2) is 5.42. The van der Waals surface area contributed by atoms with E-state index in [0.717, 1.165) is 0 Å². The minimum absolute atomic E-state index is 0.0426. The summed E-state index contributed by atoms with van der Waals surface area (Å²) in [5.41, 5.74) is 0.542. The van der Waals surface area contributed by atoms with Crippen molar-refractivity contribution in [2.75, 3.05) is 13.4 Å². The zero-order chi connectivity index (χ0) is 11.4. The van der Waals surface area contributed by atoms with Gasteiger partial charge < -0.3 is 4.74 Å². The fraction of sp³-hybridized carbons (Fsp3) is 0.300. The molecule has 0 aliphatic rings. The number of thiol groups is 1. The average molecular weight is 246 g/mol. The van der Waals surface area contributed by atoms with Gasteiger partial charge in [-0.2, -0.15) is 0 Å². The van der Waals surface area contributed by atoms with Crippen molar-refractivity contribution >= 4 is 30.4 Å². The Hall–Kier alpha value is -0.680. The van der Waals surface area contributed by atoms with Crippen molar-refractivity contribution in [3.05, 3.63) is 23.5 Å². The number of carbonyl (C=O) groups excluding carboxylic acids is 1. The number of rotatable bonds is 3. The molecule has 0 atom stereocenters. The van der Waals surface area contributed by atoms with Crippen molar-refractivity contribution in [3.8, 4) is 0 Å². The summed E-state index contributed by atoms with van der Waals surface area (Å²) in [5.74, 6) is -0.783. The maximum Gasteiger partial charge on any atom is 0.310 e. The Morgan fingerprint density at radius 1 is 1.60 bits per heavy atom. The fourth-order valence-electron chi connectivity index (χ4n) is 1.11. The summed E-state index contributed by atoms with van der Waals surface area (Å²) in [6, 6.07) is 3.33. The molecule has 1 aromatic rings. The van der Waals surface area contributed by atoms with Crippen LogP contribution in [0.4, 0.5) is 4.39 Å². The smallest absolute Gasteiger partial charge is 0.310 e. The van der Waals surface area contributed by atoms with Crippen LogP contribution >= 0.6 is 24.4 Å². The predicted octanol–water partition coefficient (Wildman–Crippen LogP) is 2.55. The van der Waals surface area contributed by atoms with Crippen LogP contribution in [0.25, 0.3) is 0 Å². The van der Waals surface area contributed by atoms with Crippen LogP contribution in [0.1, 0.15) is 5.56 Å². The second-order valence-electron chi connectivity index (χ2n) is 2.84. The first kappa shape index (κ1) is 12.4. The van der Waals surface area contributed by atoms with Gasteiger partial charge in [0.05, 0.1) is 13.5 Å². The summed E-state index contributed by atoms with van der Waals surface area (Å²) < 4.78 is 18.1. The number of halogens is 1. The van der Waals surface area contributed by atoms with E-state index in [2.05, 4.69) is 17.4 Å². The van der Waals surface area contributed by atoms with E-state index < -0.39 is 5.97 Å². The highest BCUT2D eigenvalue weighted by Crippen LogP contribution is 2.27. The summed E-state index contributed by atoms with van der Waals surface area (Å²) in [4.78, 5) is 11.8. The van der Waals surface area contributed by atoms with Gasteiger partial charge >= 0.3 is 5.97 Å². The number of ether oxygens (including phenoxy) is 1. The van der Waals surface area contributed by atoms with E-state index in [-0.39, 0.29) is 17.1 Å². The molecule has 0 aliphatic heterocycles.